The predicted octanol–water partition coefficient (Wildman–Crippen LogP) is 2.23. The lowest BCUT2D eigenvalue weighted by Gasteiger charge is -2.47. The maximum absolute atomic E-state index is 11.0. The zero-order valence-electron chi connectivity index (χ0n) is 13.2. The molecule has 0 aliphatic heterocycles. The normalized spacial score (nSPS) is 28.8. The van der Waals surface area contributed by atoms with Crippen LogP contribution in [-0.2, 0) is 6.54 Å². The molecule has 5 nitrogen and oxygen atoms in total. The van der Waals surface area contributed by atoms with Crippen LogP contribution in [0.1, 0.15) is 57.7 Å². The maximum atomic E-state index is 11.0. The molecule has 0 saturated heterocycles. The van der Waals surface area contributed by atoms with Gasteiger partial charge in [0.25, 0.3) is 0 Å². The first-order chi connectivity index (χ1) is 9.51. The number of nitrogens with zero attached hydrogens (tertiary/aromatic N) is 4. The highest BCUT2D eigenvalue weighted by Crippen LogP contribution is 2.43. The average molecular weight is 280 g/mol. The Morgan fingerprint density at radius 1 is 1.45 bits per heavy atom. The number of aliphatic hydroxyl groups excluding tert-OH is 1. The highest BCUT2D eigenvalue weighted by Gasteiger charge is 2.44. The van der Waals surface area contributed by atoms with Crippen LogP contribution in [0.3, 0.4) is 0 Å². The first-order valence-electron chi connectivity index (χ1n) is 7.75. The Hall–Kier alpha value is -0.940. The summed E-state index contributed by atoms with van der Waals surface area (Å²) in [6.07, 6.45) is 6.60. The number of rotatable bonds is 5. The lowest BCUT2D eigenvalue weighted by atomic mass is 9.72. The van der Waals surface area contributed by atoms with Crippen LogP contribution < -0.4 is 0 Å². The SMILES string of the molecule is CCCn1nncc1C(O)C1(N(C)C)CCC(C)CC1. The Kier molecular flexibility index (Phi) is 4.81. The number of aryl methyl sites for hydroxylation is 1. The van der Waals surface area contributed by atoms with Gasteiger partial charge in [0.15, 0.2) is 0 Å². The molecule has 1 aromatic rings. The van der Waals surface area contributed by atoms with Crippen LogP contribution in [0.25, 0.3) is 0 Å². The van der Waals surface area contributed by atoms with Gasteiger partial charge < -0.3 is 10.0 Å². The molecule has 0 spiro atoms. The molecule has 1 N–H and O–H groups in total. The van der Waals surface area contributed by atoms with Crippen LogP contribution in [-0.4, -0.2) is 44.6 Å². The van der Waals surface area contributed by atoms with Crippen LogP contribution in [0, 0.1) is 5.92 Å². The second-order valence-corrected chi connectivity index (χ2v) is 6.47. The lowest BCUT2D eigenvalue weighted by Crippen LogP contribution is -2.51. The first kappa shape index (κ1) is 15.4. The maximum Gasteiger partial charge on any atom is 0.116 e. The van der Waals surface area contributed by atoms with Gasteiger partial charge in [0.1, 0.15) is 6.10 Å². The minimum atomic E-state index is -0.522. The van der Waals surface area contributed by atoms with Crippen molar-refractivity contribution in [1.29, 1.82) is 0 Å². The Labute approximate surface area is 122 Å². The second-order valence-electron chi connectivity index (χ2n) is 6.47. The van der Waals surface area contributed by atoms with Crippen LogP contribution >= 0.6 is 0 Å². The summed E-state index contributed by atoms with van der Waals surface area (Å²) in [5.41, 5.74) is 0.676. The van der Waals surface area contributed by atoms with Crippen molar-refractivity contribution >= 4 is 0 Å². The van der Waals surface area contributed by atoms with Crippen molar-refractivity contribution in [1.82, 2.24) is 19.9 Å². The summed E-state index contributed by atoms with van der Waals surface area (Å²) in [4.78, 5) is 2.20. The molecule has 1 aliphatic carbocycles. The number of likely N-dealkylation sites (N-methyl/N-ethyl adjacent to an activating group) is 1. The van der Waals surface area contributed by atoms with Crippen LogP contribution in [0.2, 0.25) is 0 Å². The lowest BCUT2D eigenvalue weighted by molar-refractivity contribution is -0.0449. The number of hydrogen-bond donors (Lipinski definition) is 1. The minimum absolute atomic E-state index is 0.181. The van der Waals surface area contributed by atoms with Crippen molar-refractivity contribution in [3.63, 3.8) is 0 Å². The average Bonchev–Trinajstić information content (AvgIpc) is 2.87. The number of hydrogen-bond acceptors (Lipinski definition) is 4. The summed E-state index contributed by atoms with van der Waals surface area (Å²) in [5, 5.41) is 19.1. The van der Waals surface area contributed by atoms with Gasteiger partial charge in [-0.2, -0.15) is 0 Å². The van der Waals surface area contributed by atoms with Crippen molar-refractivity contribution in [3.05, 3.63) is 11.9 Å². The summed E-state index contributed by atoms with van der Waals surface area (Å²) in [5.74, 6) is 0.758. The number of aliphatic hydroxyl groups is 1. The van der Waals surface area contributed by atoms with Crippen molar-refractivity contribution in [3.8, 4) is 0 Å². The van der Waals surface area contributed by atoms with E-state index in [9.17, 15) is 5.11 Å². The van der Waals surface area contributed by atoms with Crippen LogP contribution in [0.15, 0.2) is 6.20 Å². The van der Waals surface area contributed by atoms with Crippen molar-refractivity contribution < 1.29 is 5.11 Å². The summed E-state index contributed by atoms with van der Waals surface area (Å²) in [6.45, 7) is 5.23. The third kappa shape index (κ3) is 2.74. The predicted molar refractivity (Wildman–Crippen MR) is 79.3 cm³/mol. The summed E-state index contributed by atoms with van der Waals surface area (Å²) in [6, 6.07) is 0. The third-order valence-electron chi connectivity index (χ3n) is 4.90. The van der Waals surface area contributed by atoms with E-state index in [0.717, 1.165) is 37.4 Å². The van der Waals surface area contributed by atoms with Crippen LogP contribution in [0.5, 0.6) is 0 Å². The molecule has 2 rings (SSSR count). The summed E-state index contributed by atoms with van der Waals surface area (Å²) in [7, 11) is 4.15. The zero-order chi connectivity index (χ0) is 14.8. The fourth-order valence-corrected chi connectivity index (χ4v) is 3.37. The minimum Gasteiger partial charge on any atom is -0.385 e. The molecule has 114 valence electrons. The fraction of sp³-hybridized carbons (Fsp3) is 0.867. The van der Waals surface area contributed by atoms with E-state index in [1.165, 1.54) is 12.8 Å². The third-order valence-corrected chi connectivity index (χ3v) is 4.90. The quantitative estimate of drug-likeness (QED) is 0.898. The Morgan fingerprint density at radius 3 is 2.65 bits per heavy atom. The summed E-state index contributed by atoms with van der Waals surface area (Å²) >= 11 is 0. The second kappa shape index (κ2) is 6.22. The molecule has 1 fully saturated rings. The largest absolute Gasteiger partial charge is 0.385 e. The van der Waals surface area contributed by atoms with Gasteiger partial charge in [0.2, 0.25) is 0 Å². The first-order valence-corrected chi connectivity index (χ1v) is 7.75. The fourth-order valence-electron chi connectivity index (χ4n) is 3.37. The van der Waals surface area contributed by atoms with Gasteiger partial charge in [-0.05, 0) is 52.1 Å². The molecule has 1 saturated carbocycles. The van der Waals surface area contributed by atoms with E-state index in [1.54, 1.807) is 6.20 Å². The molecule has 1 heterocycles. The number of aromatic nitrogens is 3. The molecule has 1 unspecified atom stereocenters. The van der Waals surface area contributed by atoms with E-state index in [0.29, 0.717) is 0 Å². The van der Waals surface area contributed by atoms with Gasteiger partial charge in [-0.1, -0.05) is 19.1 Å². The van der Waals surface area contributed by atoms with Gasteiger partial charge in [-0.15, -0.1) is 5.10 Å². The Morgan fingerprint density at radius 2 is 2.10 bits per heavy atom. The van der Waals surface area contributed by atoms with Crippen molar-refractivity contribution in [2.75, 3.05) is 14.1 Å². The van der Waals surface area contributed by atoms with E-state index >= 15 is 0 Å². The van der Waals surface area contributed by atoms with Gasteiger partial charge in [0.05, 0.1) is 17.4 Å². The smallest absolute Gasteiger partial charge is 0.116 e. The van der Waals surface area contributed by atoms with Crippen LogP contribution in [0.4, 0.5) is 0 Å². The van der Waals surface area contributed by atoms with E-state index in [-0.39, 0.29) is 5.54 Å². The van der Waals surface area contributed by atoms with E-state index in [4.69, 9.17) is 0 Å². The molecular weight excluding hydrogens is 252 g/mol. The van der Waals surface area contributed by atoms with Gasteiger partial charge in [-0.25, -0.2) is 4.68 Å². The zero-order valence-corrected chi connectivity index (χ0v) is 13.2. The molecule has 1 atom stereocenters. The molecule has 5 heteroatoms. The molecule has 20 heavy (non-hydrogen) atoms. The standard InChI is InChI=1S/C15H28N4O/c1-5-10-19-13(11-16-17-19)14(20)15(18(3)4)8-6-12(2)7-9-15/h11-12,14,20H,5-10H2,1-4H3. The molecule has 0 bridgehead atoms. The van der Waals surface area contributed by atoms with Crippen molar-refractivity contribution in [2.45, 2.75) is 64.1 Å². The Balaban J connectivity index is 2.27. The summed E-state index contributed by atoms with van der Waals surface area (Å²) < 4.78 is 1.86. The molecular formula is C15H28N4O. The van der Waals surface area contributed by atoms with Gasteiger partial charge in [-0.3, -0.25) is 0 Å². The molecule has 0 amide bonds. The highest BCUT2D eigenvalue weighted by molar-refractivity contribution is 5.11. The van der Waals surface area contributed by atoms with E-state index < -0.39 is 6.10 Å². The monoisotopic (exact) mass is 280 g/mol. The van der Waals surface area contributed by atoms with Gasteiger partial charge in [0, 0.05) is 6.54 Å². The van der Waals surface area contributed by atoms with Gasteiger partial charge >= 0.3 is 0 Å². The Bertz CT molecular complexity index is 421. The molecule has 1 aliphatic rings. The van der Waals surface area contributed by atoms with E-state index in [2.05, 4.69) is 43.2 Å². The molecule has 1 aromatic heterocycles. The molecule has 0 radical (unpaired) electrons. The molecule has 0 aromatic carbocycles. The highest BCUT2D eigenvalue weighted by atomic mass is 16.3. The van der Waals surface area contributed by atoms with E-state index in [1.807, 2.05) is 4.68 Å². The van der Waals surface area contributed by atoms with Crippen molar-refractivity contribution in [2.24, 2.45) is 5.92 Å². The topological polar surface area (TPSA) is 54.2 Å².